The number of nitrogens with one attached hydrogen (secondary N) is 2. The predicted octanol–water partition coefficient (Wildman–Crippen LogP) is -0.166. The molecule has 0 unspecified atom stereocenters. The number of hydrogen-bond donors (Lipinski definition) is 3. The van der Waals surface area contributed by atoms with Crippen LogP contribution in [0.5, 0.6) is 0 Å². The van der Waals surface area contributed by atoms with Gasteiger partial charge in [-0.1, -0.05) is 0 Å². The van der Waals surface area contributed by atoms with Crippen LogP contribution in [-0.4, -0.2) is 46.5 Å². The lowest BCUT2D eigenvalue weighted by Gasteiger charge is -2.13. The molecule has 0 rings (SSSR count). The van der Waals surface area contributed by atoms with Gasteiger partial charge in [0.1, 0.15) is 6.04 Å². The molecule has 2 amide bonds. The number of carboxylic acids is 1. The SMILES string of the molecule is CC(=O)N[C@@H](CSCC(=O)NC(C)C)C(=O)O. The molecule has 0 aromatic rings. The van der Waals surface area contributed by atoms with Gasteiger partial charge in [-0.25, -0.2) is 4.79 Å². The van der Waals surface area contributed by atoms with Crippen molar-refractivity contribution in [2.24, 2.45) is 0 Å². The Morgan fingerprint density at radius 2 is 1.82 bits per heavy atom. The van der Waals surface area contributed by atoms with Crippen molar-refractivity contribution in [3.63, 3.8) is 0 Å². The molecular formula is C10H18N2O4S. The van der Waals surface area contributed by atoms with E-state index in [2.05, 4.69) is 10.6 Å². The van der Waals surface area contributed by atoms with Gasteiger partial charge in [-0.2, -0.15) is 0 Å². The van der Waals surface area contributed by atoms with E-state index in [1.165, 1.54) is 18.7 Å². The molecule has 0 aromatic carbocycles. The molecule has 0 radical (unpaired) electrons. The molecule has 6 nitrogen and oxygen atoms in total. The second-order valence-electron chi connectivity index (χ2n) is 3.83. The minimum atomic E-state index is -1.10. The highest BCUT2D eigenvalue weighted by molar-refractivity contribution is 8.00. The maximum absolute atomic E-state index is 11.3. The third-order valence-corrected chi connectivity index (χ3v) is 2.68. The molecule has 0 spiro atoms. The molecule has 0 saturated carbocycles. The van der Waals surface area contributed by atoms with Gasteiger partial charge in [-0.15, -0.1) is 11.8 Å². The van der Waals surface area contributed by atoms with Crippen LogP contribution in [0.15, 0.2) is 0 Å². The van der Waals surface area contributed by atoms with Crippen LogP contribution < -0.4 is 10.6 Å². The summed E-state index contributed by atoms with van der Waals surface area (Å²) in [4.78, 5) is 32.8. The Balaban J connectivity index is 3.94. The number of thioether (sulfide) groups is 1. The van der Waals surface area contributed by atoms with Gasteiger partial charge in [0.2, 0.25) is 11.8 Å². The monoisotopic (exact) mass is 262 g/mol. The van der Waals surface area contributed by atoms with E-state index in [1.54, 1.807) is 0 Å². The molecule has 0 aromatic heterocycles. The van der Waals surface area contributed by atoms with Crippen LogP contribution in [0.2, 0.25) is 0 Å². The highest BCUT2D eigenvalue weighted by atomic mass is 32.2. The Kier molecular flexibility index (Phi) is 7.36. The third-order valence-electron chi connectivity index (χ3n) is 1.64. The smallest absolute Gasteiger partial charge is 0.327 e. The van der Waals surface area contributed by atoms with Crippen LogP contribution >= 0.6 is 11.8 Å². The van der Waals surface area contributed by atoms with Crippen LogP contribution in [0, 0.1) is 0 Å². The number of amides is 2. The average molecular weight is 262 g/mol. The molecule has 0 fully saturated rings. The first-order valence-corrected chi connectivity index (χ1v) is 6.35. The summed E-state index contributed by atoms with van der Waals surface area (Å²) >= 11 is 1.17. The lowest BCUT2D eigenvalue weighted by Crippen LogP contribution is -2.42. The Hall–Kier alpha value is -1.24. The standard InChI is InChI=1S/C10H18N2O4S/c1-6(2)11-9(14)5-17-4-8(10(15)16)12-7(3)13/h6,8H,4-5H2,1-3H3,(H,11,14)(H,12,13)(H,15,16)/t8-/m0/s1. The van der Waals surface area contributed by atoms with Crippen LogP contribution in [0.4, 0.5) is 0 Å². The molecule has 0 saturated heterocycles. The van der Waals surface area contributed by atoms with Crippen molar-refractivity contribution in [1.29, 1.82) is 0 Å². The summed E-state index contributed by atoms with van der Waals surface area (Å²) in [5.74, 6) is -1.29. The first-order chi connectivity index (χ1) is 7.82. The van der Waals surface area contributed by atoms with Crippen LogP contribution in [0.1, 0.15) is 20.8 Å². The normalized spacial score (nSPS) is 12.0. The zero-order valence-corrected chi connectivity index (χ0v) is 11.0. The molecule has 7 heteroatoms. The summed E-state index contributed by atoms with van der Waals surface area (Å²) in [7, 11) is 0. The zero-order valence-electron chi connectivity index (χ0n) is 10.1. The number of carbonyl (C=O) groups excluding carboxylic acids is 2. The van der Waals surface area contributed by atoms with E-state index < -0.39 is 17.9 Å². The Morgan fingerprint density at radius 1 is 1.24 bits per heavy atom. The maximum atomic E-state index is 11.3. The summed E-state index contributed by atoms with van der Waals surface area (Å²) in [5, 5.41) is 13.8. The van der Waals surface area contributed by atoms with Crippen molar-refractivity contribution >= 4 is 29.5 Å². The summed E-state index contributed by atoms with van der Waals surface area (Å²) in [6.45, 7) is 4.95. The van der Waals surface area contributed by atoms with E-state index in [4.69, 9.17) is 5.11 Å². The molecular weight excluding hydrogens is 244 g/mol. The minimum absolute atomic E-state index is 0.0636. The molecule has 0 aliphatic heterocycles. The van der Waals surface area contributed by atoms with Gasteiger partial charge < -0.3 is 15.7 Å². The predicted molar refractivity (Wildman–Crippen MR) is 65.8 cm³/mol. The van der Waals surface area contributed by atoms with Gasteiger partial charge in [-0.05, 0) is 13.8 Å². The molecule has 0 heterocycles. The topological polar surface area (TPSA) is 95.5 Å². The summed E-state index contributed by atoms with van der Waals surface area (Å²) < 4.78 is 0. The fourth-order valence-electron chi connectivity index (χ4n) is 1.05. The molecule has 98 valence electrons. The van der Waals surface area contributed by atoms with Gasteiger partial charge in [-0.3, -0.25) is 9.59 Å². The number of aliphatic carboxylic acids is 1. The van der Waals surface area contributed by atoms with Crippen molar-refractivity contribution in [1.82, 2.24) is 10.6 Å². The molecule has 0 bridgehead atoms. The van der Waals surface area contributed by atoms with E-state index in [0.717, 1.165) is 0 Å². The number of rotatable bonds is 7. The minimum Gasteiger partial charge on any atom is -0.480 e. The highest BCUT2D eigenvalue weighted by Gasteiger charge is 2.18. The molecule has 0 aliphatic rings. The Morgan fingerprint density at radius 3 is 2.24 bits per heavy atom. The first kappa shape index (κ1) is 15.8. The van der Waals surface area contributed by atoms with Crippen molar-refractivity contribution in [2.75, 3.05) is 11.5 Å². The summed E-state index contributed by atoms with van der Waals surface area (Å²) in [5.41, 5.74) is 0. The molecule has 3 N–H and O–H groups in total. The first-order valence-electron chi connectivity index (χ1n) is 5.20. The molecule has 1 atom stereocenters. The van der Waals surface area contributed by atoms with E-state index >= 15 is 0 Å². The fraction of sp³-hybridized carbons (Fsp3) is 0.700. The molecule has 0 aliphatic carbocycles. The number of carboxylic acid groups (broad SMARTS) is 1. The maximum Gasteiger partial charge on any atom is 0.327 e. The van der Waals surface area contributed by atoms with E-state index in [0.29, 0.717) is 0 Å². The van der Waals surface area contributed by atoms with Crippen LogP contribution in [0.3, 0.4) is 0 Å². The van der Waals surface area contributed by atoms with Crippen LogP contribution in [-0.2, 0) is 14.4 Å². The van der Waals surface area contributed by atoms with Crippen molar-refractivity contribution < 1.29 is 19.5 Å². The summed E-state index contributed by atoms with van der Waals surface area (Å²) in [6.07, 6.45) is 0. The largest absolute Gasteiger partial charge is 0.480 e. The van der Waals surface area contributed by atoms with E-state index in [1.807, 2.05) is 13.8 Å². The summed E-state index contributed by atoms with van der Waals surface area (Å²) in [6, 6.07) is -0.891. The van der Waals surface area contributed by atoms with Crippen molar-refractivity contribution in [2.45, 2.75) is 32.9 Å². The lowest BCUT2D eigenvalue weighted by molar-refractivity contribution is -0.140. The highest BCUT2D eigenvalue weighted by Crippen LogP contribution is 2.03. The van der Waals surface area contributed by atoms with Crippen molar-refractivity contribution in [3.8, 4) is 0 Å². The number of hydrogen-bond acceptors (Lipinski definition) is 4. The quantitative estimate of drug-likeness (QED) is 0.592. The Labute approximate surface area is 105 Å². The van der Waals surface area contributed by atoms with Crippen LogP contribution in [0.25, 0.3) is 0 Å². The zero-order chi connectivity index (χ0) is 13.4. The van der Waals surface area contributed by atoms with Gasteiger partial charge in [0.05, 0.1) is 5.75 Å². The fourth-order valence-corrected chi connectivity index (χ4v) is 1.90. The second kappa shape index (κ2) is 7.94. The third kappa shape index (κ3) is 8.56. The second-order valence-corrected chi connectivity index (χ2v) is 4.86. The lowest BCUT2D eigenvalue weighted by atomic mass is 10.3. The van der Waals surface area contributed by atoms with E-state index in [-0.39, 0.29) is 23.5 Å². The van der Waals surface area contributed by atoms with Gasteiger partial charge >= 0.3 is 5.97 Å². The Bertz CT molecular complexity index is 294. The van der Waals surface area contributed by atoms with Gasteiger partial charge in [0.25, 0.3) is 0 Å². The average Bonchev–Trinajstić information content (AvgIpc) is 2.13. The van der Waals surface area contributed by atoms with E-state index in [9.17, 15) is 14.4 Å². The van der Waals surface area contributed by atoms with Gasteiger partial charge in [0.15, 0.2) is 0 Å². The molecule has 17 heavy (non-hydrogen) atoms. The van der Waals surface area contributed by atoms with Crippen molar-refractivity contribution in [3.05, 3.63) is 0 Å². The number of carbonyl (C=O) groups is 3. The van der Waals surface area contributed by atoms with Gasteiger partial charge in [0, 0.05) is 18.7 Å².